The summed E-state index contributed by atoms with van der Waals surface area (Å²) in [4.78, 5) is 0. The van der Waals surface area contributed by atoms with Crippen LogP contribution in [0.5, 0.6) is 23.0 Å². The fourth-order valence-electron chi connectivity index (χ4n) is 3.22. The SMILES string of the molecule is CC1CCC(C(C)C)Oc2cccc(O)c2-c2c(O)cccc2OC1. The lowest BCUT2D eigenvalue weighted by molar-refractivity contribution is 0.129. The molecule has 0 fully saturated rings. The van der Waals surface area contributed by atoms with Gasteiger partial charge in [0.1, 0.15) is 29.1 Å². The summed E-state index contributed by atoms with van der Waals surface area (Å²) in [7, 11) is 0. The van der Waals surface area contributed by atoms with Crippen LogP contribution in [0.15, 0.2) is 36.4 Å². The van der Waals surface area contributed by atoms with E-state index in [1.807, 2.05) is 12.1 Å². The van der Waals surface area contributed by atoms with Gasteiger partial charge >= 0.3 is 0 Å². The molecule has 2 N–H and O–H groups in total. The molecule has 0 aliphatic carbocycles. The summed E-state index contributed by atoms with van der Waals surface area (Å²) in [5.74, 6) is 1.97. The molecule has 4 nitrogen and oxygen atoms in total. The first-order chi connectivity index (χ1) is 12.0. The van der Waals surface area contributed by atoms with Crippen molar-refractivity contribution in [3.63, 3.8) is 0 Å². The van der Waals surface area contributed by atoms with E-state index in [0.717, 1.165) is 12.8 Å². The van der Waals surface area contributed by atoms with Gasteiger partial charge in [0.05, 0.1) is 17.7 Å². The van der Waals surface area contributed by atoms with Crippen molar-refractivity contribution >= 4 is 0 Å². The van der Waals surface area contributed by atoms with Crippen molar-refractivity contribution in [2.24, 2.45) is 11.8 Å². The summed E-state index contributed by atoms with van der Waals surface area (Å²) < 4.78 is 12.3. The Morgan fingerprint density at radius 2 is 1.52 bits per heavy atom. The van der Waals surface area contributed by atoms with E-state index in [0.29, 0.717) is 41.1 Å². The van der Waals surface area contributed by atoms with Crippen molar-refractivity contribution in [3.8, 4) is 34.1 Å². The summed E-state index contributed by atoms with van der Waals surface area (Å²) in [6.45, 7) is 6.99. The van der Waals surface area contributed by atoms with E-state index in [-0.39, 0.29) is 17.6 Å². The van der Waals surface area contributed by atoms with E-state index in [4.69, 9.17) is 9.47 Å². The van der Waals surface area contributed by atoms with Crippen LogP contribution in [0.2, 0.25) is 0 Å². The number of phenols is 2. The first kappa shape index (κ1) is 17.5. The fourth-order valence-corrected chi connectivity index (χ4v) is 3.22. The number of benzene rings is 2. The van der Waals surface area contributed by atoms with Gasteiger partial charge in [0.2, 0.25) is 0 Å². The molecule has 1 aliphatic rings. The van der Waals surface area contributed by atoms with Crippen LogP contribution in [0, 0.1) is 11.8 Å². The molecule has 3 rings (SSSR count). The smallest absolute Gasteiger partial charge is 0.131 e. The van der Waals surface area contributed by atoms with Gasteiger partial charge in [-0.1, -0.05) is 32.9 Å². The Balaban J connectivity index is 2.19. The van der Waals surface area contributed by atoms with Crippen LogP contribution in [-0.4, -0.2) is 22.9 Å². The van der Waals surface area contributed by atoms with E-state index in [2.05, 4.69) is 20.8 Å². The van der Waals surface area contributed by atoms with E-state index in [9.17, 15) is 10.2 Å². The molecular formula is C21H26O4. The van der Waals surface area contributed by atoms with E-state index >= 15 is 0 Å². The van der Waals surface area contributed by atoms with Gasteiger partial charge in [-0.2, -0.15) is 0 Å². The first-order valence-corrected chi connectivity index (χ1v) is 8.91. The van der Waals surface area contributed by atoms with Crippen molar-refractivity contribution in [2.75, 3.05) is 6.61 Å². The van der Waals surface area contributed by atoms with Crippen LogP contribution in [-0.2, 0) is 0 Å². The second-order valence-corrected chi connectivity index (χ2v) is 7.19. The highest BCUT2D eigenvalue weighted by atomic mass is 16.5. The number of phenolic OH excluding ortho intramolecular Hbond substituents is 2. The number of aromatic hydroxyl groups is 2. The lowest BCUT2D eigenvalue weighted by Crippen LogP contribution is -2.24. The zero-order chi connectivity index (χ0) is 18.0. The number of hydrogen-bond acceptors (Lipinski definition) is 4. The molecule has 134 valence electrons. The minimum atomic E-state index is 0.0374. The predicted molar refractivity (Wildman–Crippen MR) is 98.4 cm³/mol. The second-order valence-electron chi connectivity index (χ2n) is 7.19. The van der Waals surface area contributed by atoms with Crippen LogP contribution in [0.1, 0.15) is 33.6 Å². The largest absolute Gasteiger partial charge is 0.507 e. The molecule has 1 aliphatic heterocycles. The van der Waals surface area contributed by atoms with Crippen molar-refractivity contribution in [1.82, 2.24) is 0 Å². The topological polar surface area (TPSA) is 58.9 Å². The third kappa shape index (κ3) is 3.68. The molecular weight excluding hydrogens is 316 g/mol. The normalized spacial score (nSPS) is 20.6. The molecule has 2 atom stereocenters. The maximum atomic E-state index is 10.5. The lowest BCUT2D eigenvalue weighted by atomic mass is 9.97. The molecule has 2 aromatic rings. The van der Waals surface area contributed by atoms with Gasteiger partial charge in [-0.15, -0.1) is 0 Å². The quantitative estimate of drug-likeness (QED) is 0.767. The van der Waals surface area contributed by atoms with Crippen LogP contribution < -0.4 is 9.47 Å². The average Bonchev–Trinajstić information content (AvgIpc) is 2.59. The van der Waals surface area contributed by atoms with Gasteiger partial charge in [-0.05, 0) is 48.9 Å². The molecule has 25 heavy (non-hydrogen) atoms. The van der Waals surface area contributed by atoms with Crippen LogP contribution >= 0.6 is 0 Å². The summed E-state index contributed by atoms with van der Waals surface area (Å²) >= 11 is 0. The Bertz CT molecular complexity index is 739. The molecule has 0 bridgehead atoms. The van der Waals surface area contributed by atoms with Gasteiger partial charge in [0.15, 0.2) is 0 Å². The summed E-state index contributed by atoms with van der Waals surface area (Å²) in [5, 5.41) is 21.0. The van der Waals surface area contributed by atoms with Crippen molar-refractivity contribution in [2.45, 2.75) is 39.7 Å². The Hall–Kier alpha value is -2.36. The highest BCUT2D eigenvalue weighted by Gasteiger charge is 2.25. The van der Waals surface area contributed by atoms with Crippen molar-refractivity contribution in [1.29, 1.82) is 0 Å². The minimum absolute atomic E-state index is 0.0374. The van der Waals surface area contributed by atoms with Gasteiger partial charge in [0.25, 0.3) is 0 Å². The van der Waals surface area contributed by atoms with E-state index in [1.54, 1.807) is 24.3 Å². The molecule has 0 radical (unpaired) electrons. The van der Waals surface area contributed by atoms with Gasteiger partial charge < -0.3 is 19.7 Å². The molecule has 0 saturated carbocycles. The van der Waals surface area contributed by atoms with Crippen molar-refractivity contribution in [3.05, 3.63) is 36.4 Å². The Kier molecular flexibility index (Phi) is 5.07. The molecule has 2 unspecified atom stereocenters. The van der Waals surface area contributed by atoms with Gasteiger partial charge in [-0.25, -0.2) is 0 Å². The standard InChI is InChI=1S/C21H26O4/c1-13(2)17-11-10-14(3)12-24-18-8-4-6-15(22)20(18)21-16(23)7-5-9-19(21)25-17/h4-9,13-14,17,22-23H,10-12H2,1-3H3. The molecule has 0 amide bonds. The molecule has 2 aromatic carbocycles. The van der Waals surface area contributed by atoms with E-state index < -0.39 is 0 Å². The molecule has 0 saturated heterocycles. The predicted octanol–water partition coefficient (Wildman–Crippen LogP) is 4.98. The second kappa shape index (κ2) is 7.26. The maximum absolute atomic E-state index is 10.5. The number of fused-ring (bicyclic) bond motifs is 3. The Morgan fingerprint density at radius 3 is 2.16 bits per heavy atom. The minimum Gasteiger partial charge on any atom is -0.507 e. The molecule has 0 spiro atoms. The van der Waals surface area contributed by atoms with Crippen molar-refractivity contribution < 1.29 is 19.7 Å². The number of hydrogen-bond donors (Lipinski definition) is 2. The third-order valence-electron chi connectivity index (χ3n) is 4.75. The highest BCUT2D eigenvalue weighted by Crippen LogP contribution is 2.47. The average molecular weight is 342 g/mol. The number of rotatable bonds is 1. The highest BCUT2D eigenvalue weighted by molar-refractivity contribution is 5.85. The fraction of sp³-hybridized carbons (Fsp3) is 0.429. The van der Waals surface area contributed by atoms with Crippen LogP contribution in [0.4, 0.5) is 0 Å². The summed E-state index contributed by atoms with van der Waals surface area (Å²) in [5.41, 5.74) is 0.961. The van der Waals surface area contributed by atoms with E-state index in [1.165, 1.54) is 0 Å². The molecule has 0 aromatic heterocycles. The zero-order valence-electron chi connectivity index (χ0n) is 15.0. The lowest BCUT2D eigenvalue weighted by Gasteiger charge is -2.25. The van der Waals surface area contributed by atoms with Gasteiger partial charge in [0, 0.05) is 0 Å². The van der Waals surface area contributed by atoms with Crippen LogP contribution in [0.3, 0.4) is 0 Å². The maximum Gasteiger partial charge on any atom is 0.131 e. The molecule has 4 heteroatoms. The Labute approximate surface area is 149 Å². The molecule has 1 heterocycles. The van der Waals surface area contributed by atoms with Crippen LogP contribution in [0.25, 0.3) is 11.1 Å². The summed E-state index contributed by atoms with van der Waals surface area (Å²) in [6.07, 6.45) is 1.94. The monoisotopic (exact) mass is 342 g/mol. The van der Waals surface area contributed by atoms with Gasteiger partial charge in [-0.3, -0.25) is 0 Å². The Morgan fingerprint density at radius 1 is 0.920 bits per heavy atom. The third-order valence-corrected chi connectivity index (χ3v) is 4.75. The zero-order valence-corrected chi connectivity index (χ0v) is 15.0. The number of ether oxygens (including phenoxy) is 2. The summed E-state index contributed by atoms with van der Waals surface area (Å²) in [6, 6.07) is 10.4. The first-order valence-electron chi connectivity index (χ1n) is 8.91.